The Morgan fingerprint density at radius 1 is 1.16 bits per heavy atom. The molecule has 0 unspecified atom stereocenters. The van der Waals surface area contributed by atoms with Gasteiger partial charge in [0.25, 0.3) is 0 Å². The van der Waals surface area contributed by atoms with Gasteiger partial charge in [-0.25, -0.2) is 9.97 Å². The molecule has 1 N–H and O–H groups in total. The Bertz CT molecular complexity index is 492. The van der Waals surface area contributed by atoms with Crippen molar-refractivity contribution in [3.8, 4) is 0 Å². The fourth-order valence-electron chi connectivity index (χ4n) is 3.03. The van der Waals surface area contributed by atoms with Gasteiger partial charge in [0.15, 0.2) is 0 Å². The van der Waals surface area contributed by atoms with Crippen LogP contribution in [0.5, 0.6) is 0 Å². The van der Waals surface area contributed by atoms with Crippen molar-refractivity contribution in [3.05, 3.63) is 17.5 Å². The van der Waals surface area contributed by atoms with Crippen molar-refractivity contribution in [2.45, 2.75) is 38.9 Å². The number of aromatic nitrogens is 2. The van der Waals surface area contributed by atoms with Crippen LogP contribution in [0.25, 0.3) is 0 Å². The summed E-state index contributed by atoms with van der Waals surface area (Å²) in [7, 11) is 0. The van der Waals surface area contributed by atoms with E-state index in [1.807, 2.05) is 6.20 Å². The zero-order valence-corrected chi connectivity index (χ0v) is 12.2. The summed E-state index contributed by atoms with van der Waals surface area (Å²) in [4.78, 5) is 11.6. The van der Waals surface area contributed by atoms with Crippen molar-refractivity contribution >= 4 is 5.95 Å². The van der Waals surface area contributed by atoms with Gasteiger partial charge < -0.3 is 15.0 Å². The fourth-order valence-corrected chi connectivity index (χ4v) is 3.03. The van der Waals surface area contributed by atoms with E-state index in [4.69, 9.17) is 9.72 Å². The number of hydrogen-bond donors (Lipinski definition) is 1. The summed E-state index contributed by atoms with van der Waals surface area (Å²) in [5.74, 6) is 0.828. The predicted octanol–water partition coefficient (Wildman–Crippen LogP) is 1.39. The lowest BCUT2D eigenvalue weighted by Crippen LogP contribution is -2.44. The average molecular weight is 262 g/mol. The Morgan fingerprint density at radius 2 is 1.84 bits per heavy atom. The molecule has 5 nitrogen and oxygen atoms in total. The first-order valence-corrected chi connectivity index (χ1v) is 6.94. The molecule has 2 aliphatic heterocycles. The largest absolute Gasteiger partial charge is 0.359 e. The second kappa shape index (κ2) is 4.15. The van der Waals surface area contributed by atoms with E-state index in [0.717, 1.165) is 43.4 Å². The van der Waals surface area contributed by atoms with E-state index in [0.29, 0.717) is 0 Å². The lowest BCUT2D eigenvalue weighted by Gasteiger charge is -2.28. The number of rotatable bonds is 1. The molecule has 0 bridgehead atoms. The number of nitrogens with zero attached hydrogens (tertiary/aromatic N) is 3. The lowest BCUT2D eigenvalue weighted by atomic mass is 9.97. The third-order valence-electron chi connectivity index (χ3n) is 3.91. The number of ether oxygens (including phenoxy) is 1. The van der Waals surface area contributed by atoms with Crippen LogP contribution in [0.1, 0.15) is 39.0 Å². The molecule has 0 aliphatic carbocycles. The van der Waals surface area contributed by atoms with Gasteiger partial charge in [0.2, 0.25) is 5.95 Å². The smallest absolute Gasteiger partial charge is 0.225 e. The third-order valence-corrected chi connectivity index (χ3v) is 3.91. The standard InChI is InChI=1S/C14H22N4O/c1-13(2)10-9-16-12(18-7-5-15-6-8-18)17-11(10)14(3,4)19-13/h9,15H,5-8H2,1-4H3. The van der Waals surface area contributed by atoms with Crippen LogP contribution in [0, 0.1) is 0 Å². The summed E-state index contributed by atoms with van der Waals surface area (Å²) < 4.78 is 6.12. The third kappa shape index (κ3) is 2.11. The van der Waals surface area contributed by atoms with E-state index in [-0.39, 0.29) is 11.2 Å². The van der Waals surface area contributed by atoms with Gasteiger partial charge in [-0.15, -0.1) is 0 Å². The van der Waals surface area contributed by atoms with E-state index in [9.17, 15) is 0 Å². The minimum atomic E-state index is -0.343. The van der Waals surface area contributed by atoms with Crippen molar-refractivity contribution in [2.75, 3.05) is 31.1 Å². The molecule has 0 spiro atoms. The van der Waals surface area contributed by atoms with Crippen molar-refractivity contribution in [2.24, 2.45) is 0 Å². The van der Waals surface area contributed by atoms with Gasteiger partial charge in [0.05, 0.1) is 11.3 Å². The lowest BCUT2D eigenvalue weighted by molar-refractivity contribution is -0.106. The Balaban J connectivity index is 1.99. The zero-order chi connectivity index (χ0) is 13.7. The van der Waals surface area contributed by atoms with Gasteiger partial charge in [-0.2, -0.15) is 0 Å². The quantitative estimate of drug-likeness (QED) is 0.829. The highest BCUT2D eigenvalue weighted by Crippen LogP contribution is 2.45. The van der Waals surface area contributed by atoms with Gasteiger partial charge in [0, 0.05) is 37.9 Å². The monoisotopic (exact) mass is 262 g/mol. The van der Waals surface area contributed by atoms with Crippen LogP contribution in [-0.2, 0) is 15.9 Å². The molecular weight excluding hydrogens is 240 g/mol. The number of piperazine rings is 1. The first-order valence-electron chi connectivity index (χ1n) is 6.94. The SMILES string of the molecule is CC1(C)OC(C)(C)c2nc(N3CCNCC3)ncc21. The molecule has 0 saturated carbocycles. The molecule has 2 aliphatic rings. The Labute approximate surface area is 114 Å². The minimum absolute atomic E-state index is 0.305. The molecule has 3 rings (SSSR count). The molecule has 1 saturated heterocycles. The van der Waals surface area contributed by atoms with Crippen LogP contribution in [-0.4, -0.2) is 36.1 Å². The molecule has 0 aromatic carbocycles. The number of nitrogens with one attached hydrogen (secondary N) is 1. The Morgan fingerprint density at radius 3 is 2.53 bits per heavy atom. The topological polar surface area (TPSA) is 50.3 Å². The van der Waals surface area contributed by atoms with Crippen LogP contribution in [0.2, 0.25) is 0 Å². The number of hydrogen-bond acceptors (Lipinski definition) is 5. The molecule has 3 heterocycles. The van der Waals surface area contributed by atoms with Crippen molar-refractivity contribution < 1.29 is 4.74 Å². The van der Waals surface area contributed by atoms with Crippen LogP contribution >= 0.6 is 0 Å². The summed E-state index contributed by atoms with van der Waals surface area (Å²) in [5, 5.41) is 3.34. The van der Waals surface area contributed by atoms with Crippen LogP contribution < -0.4 is 10.2 Å². The summed E-state index contributed by atoms with van der Waals surface area (Å²) >= 11 is 0. The van der Waals surface area contributed by atoms with E-state index in [2.05, 4.69) is 42.9 Å². The first-order chi connectivity index (χ1) is 8.90. The van der Waals surface area contributed by atoms with Crippen molar-refractivity contribution in [1.82, 2.24) is 15.3 Å². The Kier molecular flexibility index (Phi) is 2.80. The van der Waals surface area contributed by atoms with E-state index in [1.165, 1.54) is 0 Å². The van der Waals surface area contributed by atoms with Crippen LogP contribution in [0.15, 0.2) is 6.20 Å². The summed E-state index contributed by atoms with van der Waals surface area (Å²) in [6.07, 6.45) is 1.94. The summed E-state index contributed by atoms with van der Waals surface area (Å²) in [6, 6.07) is 0. The summed E-state index contributed by atoms with van der Waals surface area (Å²) in [5.41, 5.74) is 1.49. The molecule has 0 atom stereocenters. The summed E-state index contributed by atoms with van der Waals surface area (Å²) in [6.45, 7) is 12.2. The molecule has 1 fully saturated rings. The normalized spacial score (nSPS) is 24.3. The highest BCUT2D eigenvalue weighted by atomic mass is 16.5. The van der Waals surface area contributed by atoms with Crippen LogP contribution in [0.3, 0.4) is 0 Å². The number of fused-ring (bicyclic) bond motifs is 1. The van der Waals surface area contributed by atoms with Gasteiger partial charge in [-0.05, 0) is 27.7 Å². The maximum Gasteiger partial charge on any atom is 0.225 e. The van der Waals surface area contributed by atoms with Gasteiger partial charge in [-0.3, -0.25) is 0 Å². The second-order valence-electron chi connectivity index (χ2n) is 6.29. The molecular formula is C14H22N4O. The van der Waals surface area contributed by atoms with Crippen LogP contribution in [0.4, 0.5) is 5.95 Å². The average Bonchev–Trinajstić information content (AvgIpc) is 2.56. The molecule has 1 aromatic heterocycles. The maximum atomic E-state index is 6.12. The predicted molar refractivity (Wildman–Crippen MR) is 74.3 cm³/mol. The maximum absolute atomic E-state index is 6.12. The van der Waals surface area contributed by atoms with E-state index >= 15 is 0 Å². The highest BCUT2D eigenvalue weighted by Gasteiger charge is 2.45. The highest BCUT2D eigenvalue weighted by molar-refractivity contribution is 5.40. The van der Waals surface area contributed by atoms with Gasteiger partial charge >= 0.3 is 0 Å². The number of anilines is 1. The fraction of sp³-hybridized carbons (Fsp3) is 0.714. The molecule has 19 heavy (non-hydrogen) atoms. The first kappa shape index (κ1) is 12.8. The second-order valence-corrected chi connectivity index (χ2v) is 6.29. The van der Waals surface area contributed by atoms with Gasteiger partial charge in [0.1, 0.15) is 5.60 Å². The van der Waals surface area contributed by atoms with Crippen molar-refractivity contribution in [3.63, 3.8) is 0 Å². The van der Waals surface area contributed by atoms with Crippen molar-refractivity contribution in [1.29, 1.82) is 0 Å². The zero-order valence-electron chi connectivity index (χ0n) is 12.2. The molecule has 0 radical (unpaired) electrons. The Hall–Kier alpha value is -1.20. The minimum Gasteiger partial charge on any atom is -0.359 e. The van der Waals surface area contributed by atoms with Gasteiger partial charge in [-0.1, -0.05) is 0 Å². The molecule has 1 aromatic rings. The van der Waals surface area contributed by atoms with E-state index in [1.54, 1.807) is 0 Å². The molecule has 104 valence electrons. The molecule has 5 heteroatoms. The van der Waals surface area contributed by atoms with E-state index < -0.39 is 0 Å². The molecule has 0 amide bonds.